The molecule has 0 spiro atoms. The number of rotatable bonds is 6. The molecular weight excluding hydrogens is 306 g/mol. The Morgan fingerprint density at radius 2 is 1.74 bits per heavy atom. The highest BCUT2D eigenvalue weighted by atomic mass is 32.1. The van der Waals surface area contributed by atoms with E-state index in [9.17, 15) is 9.59 Å². The van der Waals surface area contributed by atoms with Crippen molar-refractivity contribution in [1.29, 1.82) is 0 Å². The number of carbonyl (C=O) groups is 2. The van der Waals surface area contributed by atoms with Gasteiger partial charge in [-0.2, -0.15) is 0 Å². The second-order valence-corrected chi connectivity index (χ2v) is 9.04. The average Bonchev–Trinajstić information content (AvgIpc) is 3.04. The Morgan fingerprint density at radius 3 is 2.30 bits per heavy atom. The Morgan fingerprint density at radius 1 is 1.09 bits per heavy atom. The fraction of sp³-hybridized carbons (Fsp3) is 0.684. The van der Waals surface area contributed by atoms with Gasteiger partial charge in [0.15, 0.2) is 5.78 Å². The number of amides is 1. The van der Waals surface area contributed by atoms with Gasteiger partial charge in [-0.3, -0.25) is 9.59 Å². The van der Waals surface area contributed by atoms with Gasteiger partial charge in [0, 0.05) is 19.4 Å². The first-order chi connectivity index (χ1) is 11.1. The second-order valence-electron chi connectivity index (χ2n) is 8.09. The molecule has 1 amide bonds. The van der Waals surface area contributed by atoms with Gasteiger partial charge in [0.2, 0.25) is 5.91 Å². The van der Waals surface area contributed by atoms with Crippen LogP contribution < -0.4 is 5.32 Å². The molecule has 0 unspecified atom stereocenters. The summed E-state index contributed by atoms with van der Waals surface area (Å²) in [4.78, 5) is 24.9. The largest absolute Gasteiger partial charge is 0.356 e. The molecule has 0 saturated heterocycles. The van der Waals surface area contributed by atoms with E-state index in [0.29, 0.717) is 18.3 Å². The van der Waals surface area contributed by atoms with Crippen LogP contribution in [0.2, 0.25) is 0 Å². The molecule has 0 aromatic carbocycles. The van der Waals surface area contributed by atoms with Crippen molar-refractivity contribution in [3.8, 4) is 0 Å². The van der Waals surface area contributed by atoms with Crippen LogP contribution in [0.4, 0.5) is 0 Å². The fourth-order valence-corrected chi connectivity index (χ4v) is 6.36. The van der Waals surface area contributed by atoms with Gasteiger partial charge in [0.25, 0.3) is 0 Å². The lowest BCUT2D eigenvalue weighted by atomic mass is 9.49. The lowest BCUT2D eigenvalue weighted by Gasteiger charge is -2.56. The van der Waals surface area contributed by atoms with E-state index in [1.165, 1.54) is 49.9 Å². The van der Waals surface area contributed by atoms with E-state index < -0.39 is 0 Å². The molecule has 1 heterocycles. The predicted octanol–water partition coefficient (Wildman–Crippen LogP) is 4.04. The third-order valence-corrected chi connectivity index (χ3v) is 7.11. The van der Waals surface area contributed by atoms with Crippen LogP contribution in [0.5, 0.6) is 0 Å². The molecule has 1 aromatic rings. The SMILES string of the molecule is O=C(CCC(=O)c1cccs1)NCC12CC3CC(CC(C3)C1)C2. The molecule has 5 rings (SSSR count). The fourth-order valence-electron chi connectivity index (χ4n) is 5.67. The Bertz CT molecular complexity index is 557. The average molecular weight is 331 g/mol. The minimum Gasteiger partial charge on any atom is -0.356 e. The molecule has 1 aromatic heterocycles. The highest BCUT2D eigenvalue weighted by Crippen LogP contribution is 2.59. The van der Waals surface area contributed by atoms with Crippen molar-refractivity contribution in [3.63, 3.8) is 0 Å². The molecule has 124 valence electrons. The van der Waals surface area contributed by atoms with Crippen molar-refractivity contribution in [2.24, 2.45) is 23.2 Å². The summed E-state index contributed by atoms with van der Waals surface area (Å²) in [6.07, 6.45) is 8.89. The number of thiophene rings is 1. The zero-order valence-electron chi connectivity index (χ0n) is 13.6. The topological polar surface area (TPSA) is 46.2 Å². The molecule has 4 heteroatoms. The lowest BCUT2D eigenvalue weighted by molar-refractivity contribution is -0.123. The molecule has 4 fully saturated rings. The number of carbonyl (C=O) groups excluding carboxylic acids is 2. The molecule has 1 N–H and O–H groups in total. The van der Waals surface area contributed by atoms with E-state index in [4.69, 9.17) is 0 Å². The molecule has 4 bridgehead atoms. The maximum Gasteiger partial charge on any atom is 0.220 e. The van der Waals surface area contributed by atoms with Gasteiger partial charge in [-0.25, -0.2) is 0 Å². The minimum atomic E-state index is 0.0469. The third-order valence-electron chi connectivity index (χ3n) is 6.20. The number of Topliss-reactive ketones (excluding diaryl/α,β-unsaturated/α-hetero) is 1. The van der Waals surface area contributed by atoms with Crippen molar-refractivity contribution < 1.29 is 9.59 Å². The Kier molecular flexibility index (Phi) is 4.04. The molecule has 4 aliphatic carbocycles. The van der Waals surface area contributed by atoms with Crippen LogP contribution in [-0.4, -0.2) is 18.2 Å². The van der Waals surface area contributed by atoms with Crippen molar-refractivity contribution in [1.82, 2.24) is 5.32 Å². The van der Waals surface area contributed by atoms with Crippen LogP contribution in [-0.2, 0) is 4.79 Å². The van der Waals surface area contributed by atoms with Gasteiger partial charge in [0.1, 0.15) is 0 Å². The number of ketones is 1. The monoisotopic (exact) mass is 331 g/mol. The van der Waals surface area contributed by atoms with Gasteiger partial charge >= 0.3 is 0 Å². The first-order valence-corrected chi connectivity index (χ1v) is 9.83. The summed E-state index contributed by atoms with van der Waals surface area (Å²) >= 11 is 1.45. The molecule has 0 aliphatic heterocycles. The van der Waals surface area contributed by atoms with Crippen molar-refractivity contribution in [2.75, 3.05) is 6.54 Å². The van der Waals surface area contributed by atoms with Gasteiger partial charge in [-0.05, 0) is 73.1 Å². The summed E-state index contributed by atoms with van der Waals surface area (Å²) in [5.41, 5.74) is 0.377. The first-order valence-electron chi connectivity index (χ1n) is 8.95. The predicted molar refractivity (Wildman–Crippen MR) is 91.5 cm³/mol. The van der Waals surface area contributed by atoms with E-state index in [2.05, 4.69) is 5.32 Å². The first kappa shape index (κ1) is 15.4. The van der Waals surface area contributed by atoms with Crippen LogP contribution in [0.3, 0.4) is 0 Å². The van der Waals surface area contributed by atoms with Gasteiger partial charge in [-0.1, -0.05) is 6.07 Å². The van der Waals surface area contributed by atoms with Crippen LogP contribution >= 0.6 is 11.3 Å². The molecule has 0 radical (unpaired) electrons. The van der Waals surface area contributed by atoms with Crippen LogP contribution in [0.25, 0.3) is 0 Å². The van der Waals surface area contributed by atoms with Crippen LogP contribution in [0.15, 0.2) is 17.5 Å². The van der Waals surface area contributed by atoms with Crippen molar-refractivity contribution in [3.05, 3.63) is 22.4 Å². The summed E-state index contributed by atoms with van der Waals surface area (Å²) in [7, 11) is 0. The van der Waals surface area contributed by atoms with Crippen molar-refractivity contribution in [2.45, 2.75) is 51.4 Å². The molecular formula is C19H25NO2S. The smallest absolute Gasteiger partial charge is 0.220 e. The van der Waals surface area contributed by atoms with Crippen LogP contribution in [0, 0.1) is 23.2 Å². The van der Waals surface area contributed by atoms with Crippen LogP contribution in [0.1, 0.15) is 61.0 Å². The highest BCUT2D eigenvalue weighted by Gasteiger charge is 2.50. The maximum absolute atomic E-state index is 12.2. The van der Waals surface area contributed by atoms with E-state index in [-0.39, 0.29) is 11.7 Å². The summed E-state index contributed by atoms with van der Waals surface area (Å²) in [5, 5.41) is 5.06. The highest BCUT2D eigenvalue weighted by molar-refractivity contribution is 7.12. The molecule has 4 saturated carbocycles. The van der Waals surface area contributed by atoms with Gasteiger partial charge in [-0.15, -0.1) is 11.3 Å². The van der Waals surface area contributed by atoms with Gasteiger partial charge < -0.3 is 5.32 Å². The van der Waals surface area contributed by atoms with E-state index in [1.54, 1.807) is 0 Å². The number of hydrogen-bond acceptors (Lipinski definition) is 3. The zero-order chi connectivity index (χ0) is 15.9. The number of hydrogen-bond donors (Lipinski definition) is 1. The summed E-state index contributed by atoms with van der Waals surface area (Å²) in [5.74, 6) is 2.88. The Labute approximate surface area is 141 Å². The summed E-state index contributed by atoms with van der Waals surface area (Å²) < 4.78 is 0. The van der Waals surface area contributed by atoms with E-state index in [1.807, 2.05) is 17.5 Å². The standard InChI is InChI=1S/C19H25NO2S/c21-16(17-2-1-5-23-17)3-4-18(22)20-12-19-9-13-6-14(10-19)8-15(7-13)11-19/h1-2,5,13-15H,3-4,6-12H2,(H,20,22). The zero-order valence-corrected chi connectivity index (χ0v) is 14.4. The Balaban J connectivity index is 1.26. The summed E-state index contributed by atoms with van der Waals surface area (Å²) in [6.45, 7) is 0.836. The minimum absolute atomic E-state index is 0.0469. The number of nitrogens with one attached hydrogen (secondary N) is 1. The molecule has 23 heavy (non-hydrogen) atoms. The quantitative estimate of drug-likeness (QED) is 0.800. The van der Waals surface area contributed by atoms with E-state index in [0.717, 1.165) is 29.2 Å². The lowest BCUT2D eigenvalue weighted by Crippen LogP contribution is -2.51. The summed E-state index contributed by atoms with van der Waals surface area (Å²) in [6, 6.07) is 3.71. The molecule has 4 aliphatic rings. The molecule has 0 atom stereocenters. The normalized spacial score (nSPS) is 34.5. The van der Waals surface area contributed by atoms with E-state index >= 15 is 0 Å². The maximum atomic E-state index is 12.2. The van der Waals surface area contributed by atoms with Crippen molar-refractivity contribution >= 4 is 23.0 Å². The third kappa shape index (κ3) is 3.23. The second kappa shape index (κ2) is 6.04. The molecule has 3 nitrogen and oxygen atoms in total. The van der Waals surface area contributed by atoms with Gasteiger partial charge in [0.05, 0.1) is 4.88 Å². The Hall–Kier alpha value is -1.16.